The average Bonchev–Trinajstić information content (AvgIpc) is 3.29. The maximum absolute atomic E-state index is 11.9. The largest absolute Gasteiger partial charge is 0.454 e. The van der Waals surface area contributed by atoms with Crippen molar-refractivity contribution in [3.05, 3.63) is 60.2 Å². The molecule has 7 nitrogen and oxygen atoms in total. The Morgan fingerprint density at radius 3 is 2.76 bits per heavy atom. The van der Waals surface area contributed by atoms with E-state index in [0.29, 0.717) is 17.1 Å². The Labute approximate surface area is 142 Å². The first-order valence-electron chi connectivity index (χ1n) is 7.55. The molecule has 1 N–H and O–H groups in total. The molecular formula is C18H13N3O4. The van der Waals surface area contributed by atoms with E-state index < -0.39 is 0 Å². The molecule has 2 heterocycles. The zero-order valence-corrected chi connectivity index (χ0v) is 13.0. The van der Waals surface area contributed by atoms with Crippen molar-refractivity contribution >= 4 is 18.0 Å². The second-order valence-electron chi connectivity index (χ2n) is 5.21. The van der Waals surface area contributed by atoms with Crippen molar-refractivity contribution < 1.29 is 18.7 Å². The average molecular weight is 335 g/mol. The molecule has 0 saturated heterocycles. The number of amides is 1. The maximum Gasteiger partial charge on any atom is 0.322 e. The molecule has 1 aliphatic rings. The molecule has 4 rings (SSSR count). The monoisotopic (exact) mass is 335 g/mol. The fraction of sp³-hybridized carbons (Fsp3) is 0.0556. The van der Waals surface area contributed by atoms with Crippen LogP contribution in [0.5, 0.6) is 11.5 Å². The van der Waals surface area contributed by atoms with Gasteiger partial charge in [0.25, 0.3) is 5.91 Å². The van der Waals surface area contributed by atoms with Crippen molar-refractivity contribution in [2.45, 2.75) is 0 Å². The number of aromatic nitrogens is 2. The molecule has 1 amide bonds. The summed E-state index contributed by atoms with van der Waals surface area (Å²) in [5.74, 6) is 1.21. The molecule has 0 spiro atoms. The van der Waals surface area contributed by atoms with Crippen LogP contribution >= 0.6 is 0 Å². The van der Waals surface area contributed by atoms with Crippen LogP contribution in [0.25, 0.3) is 17.5 Å². The smallest absolute Gasteiger partial charge is 0.322 e. The van der Waals surface area contributed by atoms with E-state index >= 15 is 0 Å². The summed E-state index contributed by atoms with van der Waals surface area (Å²) in [6.45, 7) is 0.192. The van der Waals surface area contributed by atoms with E-state index in [0.717, 1.165) is 5.56 Å². The highest BCUT2D eigenvalue weighted by Gasteiger charge is 2.17. The normalized spacial score (nSPS) is 12.5. The molecule has 2 aromatic carbocycles. The third-order valence-corrected chi connectivity index (χ3v) is 3.50. The molecule has 0 radical (unpaired) electrons. The molecule has 1 aromatic heterocycles. The highest BCUT2D eigenvalue weighted by Crippen LogP contribution is 2.35. The van der Waals surface area contributed by atoms with E-state index in [1.807, 2.05) is 30.3 Å². The summed E-state index contributed by atoms with van der Waals surface area (Å²) in [5, 5.41) is 10.3. The van der Waals surface area contributed by atoms with E-state index in [2.05, 4.69) is 15.5 Å². The van der Waals surface area contributed by atoms with Crippen LogP contribution in [0.2, 0.25) is 0 Å². The van der Waals surface area contributed by atoms with Crippen molar-refractivity contribution in [3.63, 3.8) is 0 Å². The number of rotatable bonds is 4. The Balaban J connectivity index is 1.44. The van der Waals surface area contributed by atoms with Crippen LogP contribution in [0.15, 0.2) is 59.0 Å². The van der Waals surface area contributed by atoms with Crippen LogP contribution in [0.4, 0.5) is 6.01 Å². The molecule has 124 valence electrons. The Morgan fingerprint density at radius 1 is 1.04 bits per heavy atom. The standard InChI is InChI=1S/C18H13N3O4/c22-16(9-6-12-4-2-1-3-5-12)19-18-21-20-17(25-18)13-7-8-14-15(10-13)24-11-23-14/h1-10H,11H2,(H,19,21,22)/b9-6+. The predicted molar refractivity (Wildman–Crippen MR) is 90.0 cm³/mol. The number of anilines is 1. The van der Waals surface area contributed by atoms with Gasteiger partial charge in [0.2, 0.25) is 12.7 Å². The number of fused-ring (bicyclic) bond motifs is 1. The lowest BCUT2D eigenvalue weighted by Crippen LogP contribution is -2.07. The molecule has 0 aliphatic carbocycles. The molecular weight excluding hydrogens is 322 g/mol. The molecule has 0 fully saturated rings. The number of benzene rings is 2. The van der Waals surface area contributed by atoms with Gasteiger partial charge in [-0.05, 0) is 29.8 Å². The van der Waals surface area contributed by atoms with Gasteiger partial charge in [0.1, 0.15) is 0 Å². The number of hydrogen-bond donors (Lipinski definition) is 1. The van der Waals surface area contributed by atoms with Gasteiger partial charge in [0.15, 0.2) is 11.5 Å². The number of carbonyl (C=O) groups is 1. The maximum atomic E-state index is 11.9. The molecule has 0 unspecified atom stereocenters. The van der Waals surface area contributed by atoms with Gasteiger partial charge in [0, 0.05) is 11.6 Å². The van der Waals surface area contributed by atoms with Gasteiger partial charge in [-0.25, -0.2) is 0 Å². The number of carbonyl (C=O) groups excluding carboxylic acids is 1. The van der Waals surface area contributed by atoms with E-state index in [1.54, 1.807) is 24.3 Å². The molecule has 25 heavy (non-hydrogen) atoms. The first-order valence-corrected chi connectivity index (χ1v) is 7.55. The van der Waals surface area contributed by atoms with Gasteiger partial charge in [-0.1, -0.05) is 35.4 Å². The summed E-state index contributed by atoms with van der Waals surface area (Å²) in [7, 11) is 0. The predicted octanol–water partition coefficient (Wildman–Crippen LogP) is 3.12. The third kappa shape index (κ3) is 3.35. The summed E-state index contributed by atoms with van der Waals surface area (Å²) >= 11 is 0. The summed E-state index contributed by atoms with van der Waals surface area (Å²) in [4.78, 5) is 11.9. The lowest BCUT2D eigenvalue weighted by molar-refractivity contribution is -0.112. The zero-order chi connectivity index (χ0) is 17.1. The van der Waals surface area contributed by atoms with Gasteiger partial charge in [-0.15, -0.1) is 5.10 Å². The number of hydrogen-bond acceptors (Lipinski definition) is 6. The lowest BCUT2D eigenvalue weighted by atomic mass is 10.2. The van der Waals surface area contributed by atoms with Crippen LogP contribution < -0.4 is 14.8 Å². The van der Waals surface area contributed by atoms with Crippen molar-refractivity contribution in [2.24, 2.45) is 0 Å². The third-order valence-electron chi connectivity index (χ3n) is 3.50. The minimum atomic E-state index is -0.357. The van der Waals surface area contributed by atoms with Crippen molar-refractivity contribution in [2.75, 3.05) is 12.1 Å². The zero-order valence-electron chi connectivity index (χ0n) is 13.0. The minimum absolute atomic E-state index is 0.0235. The molecule has 7 heteroatoms. The summed E-state index contributed by atoms with van der Waals surface area (Å²) < 4.78 is 16.0. The Bertz CT molecular complexity index is 935. The van der Waals surface area contributed by atoms with Crippen LogP contribution in [-0.4, -0.2) is 22.9 Å². The molecule has 0 atom stereocenters. The van der Waals surface area contributed by atoms with Crippen LogP contribution in [0.3, 0.4) is 0 Å². The summed E-state index contributed by atoms with van der Waals surface area (Å²) in [6, 6.07) is 14.8. The lowest BCUT2D eigenvalue weighted by Gasteiger charge is -1.98. The van der Waals surface area contributed by atoms with Crippen molar-refractivity contribution in [1.82, 2.24) is 10.2 Å². The fourth-order valence-electron chi connectivity index (χ4n) is 2.30. The van der Waals surface area contributed by atoms with Gasteiger partial charge < -0.3 is 13.9 Å². The summed E-state index contributed by atoms with van der Waals surface area (Å²) in [6.07, 6.45) is 3.10. The fourth-order valence-corrected chi connectivity index (χ4v) is 2.30. The van der Waals surface area contributed by atoms with Gasteiger partial charge >= 0.3 is 6.01 Å². The van der Waals surface area contributed by atoms with E-state index in [9.17, 15) is 4.79 Å². The highest BCUT2D eigenvalue weighted by atomic mass is 16.7. The molecule has 0 saturated carbocycles. The van der Waals surface area contributed by atoms with Gasteiger partial charge in [-0.2, -0.15) is 0 Å². The topological polar surface area (TPSA) is 86.5 Å². The number of ether oxygens (including phenoxy) is 2. The summed E-state index contributed by atoms with van der Waals surface area (Å²) in [5.41, 5.74) is 1.60. The quantitative estimate of drug-likeness (QED) is 0.737. The van der Waals surface area contributed by atoms with Crippen LogP contribution in [0, 0.1) is 0 Å². The van der Waals surface area contributed by atoms with Gasteiger partial charge in [-0.3, -0.25) is 10.1 Å². The first kappa shape index (κ1) is 14.9. The molecule has 1 aliphatic heterocycles. The van der Waals surface area contributed by atoms with Crippen molar-refractivity contribution in [1.29, 1.82) is 0 Å². The van der Waals surface area contributed by atoms with E-state index in [4.69, 9.17) is 13.9 Å². The molecule has 3 aromatic rings. The van der Waals surface area contributed by atoms with Gasteiger partial charge in [0.05, 0.1) is 0 Å². The van der Waals surface area contributed by atoms with Crippen LogP contribution in [0.1, 0.15) is 5.56 Å². The van der Waals surface area contributed by atoms with Crippen LogP contribution in [-0.2, 0) is 4.79 Å². The van der Waals surface area contributed by atoms with E-state index in [1.165, 1.54) is 6.08 Å². The Kier molecular flexibility index (Phi) is 3.88. The first-order chi connectivity index (χ1) is 12.3. The Morgan fingerprint density at radius 2 is 1.88 bits per heavy atom. The van der Waals surface area contributed by atoms with E-state index in [-0.39, 0.29) is 24.6 Å². The SMILES string of the molecule is O=C(/C=C/c1ccccc1)Nc1nnc(-c2ccc3c(c2)OCO3)o1. The minimum Gasteiger partial charge on any atom is -0.454 e. The second kappa shape index (κ2) is 6.48. The van der Waals surface area contributed by atoms with Crippen molar-refractivity contribution in [3.8, 4) is 23.0 Å². The Hall–Kier alpha value is -3.61. The number of nitrogens with one attached hydrogen (secondary N) is 1. The molecule has 0 bridgehead atoms. The highest BCUT2D eigenvalue weighted by molar-refractivity contribution is 6.00. The second-order valence-corrected chi connectivity index (χ2v) is 5.21. The number of nitrogens with zero attached hydrogens (tertiary/aromatic N) is 2.